The molecule has 0 spiro atoms. The van der Waals surface area contributed by atoms with Gasteiger partial charge in [0, 0.05) is 22.4 Å². The Balaban J connectivity index is 1.42. The lowest BCUT2D eigenvalue weighted by Gasteiger charge is -2.19. The molecule has 3 rings (SSSR count). The van der Waals surface area contributed by atoms with Gasteiger partial charge in [0.1, 0.15) is 5.75 Å². The van der Waals surface area contributed by atoms with Crippen LogP contribution in [0.25, 0.3) is 0 Å². The first kappa shape index (κ1) is 31.3. The summed E-state index contributed by atoms with van der Waals surface area (Å²) >= 11 is 5.13. The number of hydrazine groups is 1. The Morgan fingerprint density at radius 1 is 0.707 bits per heavy atom. The van der Waals surface area contributed by atoms with Crippen LogP contribution in [-0.2, 0) is 5.41 Å². The van der Waals surface area contributed by atoms with Gasteiger partial charge in [0.25, 0.3) is 17.7 Å². The fourth-order valence-electron chi connectivity index (χ4n) is 3.84. The first-order valence-electron chi connectivity index (χ1n) is 13.7. The predicted octanol–water partition coefficient (Wildman–Crippen LogP) is 6.14. The number of unbranched alkanes of at least 4 members (excludes halogenated alkanes) is 3. The van der Waals surface area contributed by atoms with Crippen molar-refractivity contribution in [1.82, 2.24) is 16.2 Å². The maximum Gasteiger partial charge on any atom is 0.269 e. The lowest BCUT2D eigenvalue weighted by atomic mass is 9.87. The molecule has 0 aliphatic carbocycles. The smallest absolute Gasteiger partial charge is 0.269 e. The topological polar surface area (TPSA) is 109 Å². The molecule has 0 heterocycles. The van der Waals surface area contributed by atoms with Crippen molar-refractivity contribution in [2.24, 2.45) is 0 Å². The third kappa shape index (κ3) is 10.0. The molecule has 3 aromatic carbocycles. The Morgan fingerprint density at radius 3 is 1.88 bits per heavy atom. The van der Waals surface area contributed by atoms with Gasteiger partial charge >= 0.3 is 0 Å². The van der Waals surface area contributed by atoms with Crippen LogP contribution in [0.3, 0.4) is 0 Å². The highest BCUT2D eigenvalue weighted by molar-refractivity contribution is 7.80. The van der Waals surface area contributed by atoms with Crippen LogP contribution >= 0.6 is 12.2 Å². The summed E-state index contributed by atoms with van der Waals surface area (Å²) in [5, 5.41) is 5.30. The molecule has 0 saturated heterocycles. The molecule has 0 bridgehead atoms. The highest BCUT2D eigenvalue weighted by Crippen LogP contribution is 2.22. The molecule has 216 valence electrons. The van der Waals surface area contributed by atoms with Crippen molar-refractivity contribution in [1.29, 1.82) is 0 Å². The predicted molar refractivity (Wildman–Crippen MR) is 166 cm³/mol. The molecule has 0 fully saturated rings. The molecule has 0 aliphatic rings. The second-order valence-electron chi connectivity index (χ2n) is 10.7. The van der Waals surface area contributed by atoms with Crippen molar-refractivity contribution < 1.29 is 19.1 Å². The molecular formula is C32H38N4O4S. The van der Waals surface area contributed by atoms with Crippen molar-refractivity contribution in [2.45, 2.75) is 58.8 Å². The number of rotatable bonds is 10. The van der Waals surface area contributed by atoms with Crippen LogP contribution in [0.15, 0.2) is 72.8 Å². The zero-order valence-corrected chi connectivity index (χ0v) is 24.8. The summed E-state index contributed by atoms with van der Waals surface area (Å²) in [5.74, 6) is -0.418. The second kappa shape index (κ2) is 14.9. The van der Waals surface area contributed by atoms with E-state index in [0.29, 0.717) is 34.7 Å². The van der Waals surface area contributed by atoms with E-state index in [1.54, 1.807) is 60.7 Å². The monoisotopic (exact) mass is 574 g/mol. The molecule has 8 nitrogen and oxygen atoms in total. The third-order valence-corrected chi connectivity index (χ3v) is 6.52. The van der Waals surface area contributed by atoms with Gasteiger partial charge < -0.3 is 10.1 Å². The molecule has 9 heteroatoms. The van der Waals surface area contributed by atoms with Gasteiger partial charge in [0.15, 0.2) is 5.11 Å². The number of hydrogen-bond acceptors (Lipinski definition) is 5. The number of carbonyl (C=O) groups excluding carboxylic acids is 3. The summed E-state index contributed by atoms with van der Waals surface area (Å²) in [7, 11) is 0. The summed E-state index contributed by atoms with van der Waals surface area (Å²) in [6.45, 7) is 9.15. The van der Waals surface area contributed by atoms with Crippen molar-refractivity contribution in [3.8, 4) is 5.75 Å². The quantitative estimate of drug-likeness (QED) is 0.132. The first-order valence-corrected chi connectivity index (χ1v) is 14.1. The first-order chi connectivity index (χ1) is 19.6. The Kier molecular flexibility index (Phi) is 11.4. The van der Waals surface area contributed by atoms with E-state index in [9.17, 15) is 14.4 Å². The van der Waals surface area contributed by atoms with Crippen LogP contribution in [-0.4, -0.2) is 29.4 Å². The van der Waals surface area contributed by atoms with Crippen molar-refractivity contribution in [3.05, 3.63) is 95.1 Å². The van der Waals surface area contributed by atoms with Crippen molar-refractivity contribution in [3.63, 3.8) is 0 Å². The average Bonchev–Trinajstić information content (AvgIpc) is 2.96. The van der Waals surface area contributed by atoms with E-state index >= 15 is 0 Å². The molecule has 3 amide bonds. The molecule has 0 aromatic heterocycles. The normalized spacial score (nSPS) is 10.8. The van der Waals surface area contributed by atoms with Crippen LogP contribution in [0.2, 0.25) is 0 Å². The highest BCUT2D eigenvalue weighted by Gasteiger charge is 2.15. The van der Waals surface area contributed by atoms with Gasteiger partial charge in [-0.3, -0.25) is 30.6 Å². The van der Waals surface area contributed by atoms with Gasteiger partial charge in [-0.05, 0) is 90.3 Å². The number of carbonyl (C=O) groups is 3. The molecular weight excluding hydrogens is 536 g/mol. The number of nitrogens with one attached hydrogen (secondary N) is 4. The lowest BCUT2D eigenvalue weighted by Crippen LogP contribution is -2.48. The van der Waals surface area contributed by atoms with E-state index in [4.69, 9.17) is 17.0 Å². The molecule has 3 aromatic rings. The number of hydrogen-bond donors (Lipinski definition) is 4. The largest absolute Gasteiger partial charge is 0.494 e. The van der Waals surface area contributed by atoms with Gasteiger partial charge in [-0.2, -0.15) is 0 Å². The van der Waals surface area contributed by atoms with Gasteiger partial charge in [0.05, 0.1) is 6.61 Å². The van der Waals surface area contributed by atoms with E-state index in [0.717, 1.165) is 18.4 Å². The molecule has 0 unspecified atom stereocenters. The number of amides is 3. The van der Waals surface area contributed by atoms with Crippen LogP contribution < -0.4 is 26.2 Å². The molecule has 4 N–H and O–H groups in total. The zero-order valence-electron chi connectivity index (χ0n) is 24.0. The standard InChI is InChI=1S/C32H38N4O4S/c1-5-6-7-8-21-40-27-19-13-23(14-20-27)29(38)34-31(41)36-35-30(39)24-11-17-26(18-12-24)33-28(37)22-9-15-25(16-10-22)32(2,3)4/h9-20H,5-8,21H2,1-4H3,(H,33,37)(H,35,39)(H2,34,36,38,41). The summed E-state index contributed by atoms with van der Waals surface area (Å²) in [6.07, 6.45) is 4.49. The summed E-state index contributed by atoms with van der Waals surface area (Å²) < 4.78 is 5.70. The summed E-state index contributed by atoms with van der Waals surface area (Å²) in [5.41, 5.74) is 7.96. The lowest BCUT2D eigenvalue weighted by molar-refractivity contribution is 0.0934. The number of anilines is 1. The molecule has 0 aliphatic heterocycles. The Morgan fingerprint density at radius 2 is 1.27 bits per heavy atom. The second-order valence-corrected chi connectivity index (χ2v) is 11.1. The van der Waals surface area contributed by atoms with Crippen LogP contribution in [0.5, 0.6) is 5.75 Å². The van der Waals surface area contributed by atoms with Crippen LogP contribution in [0.4, 0.5) is 5.69 Å². The Hall–Kier alpha value is -4.24. The van der Waals surface area contributed by atoms with Gasteiger partial charge in [-0.1, -0.05) is 59.1 Å². The maximum absolute atomic E-state index is 12.6. The average molecular weight is 575 g/mol. The number of thiocarbonyl (C=S) groups is 1. The Labute approximate surface area is 247 Å². The van der Waals surface area contributed by atoms with Crippen molar-refractivity contribution >= 4 is 40.7 Å². The van der Waals surface area contributed by atoms with E-state index in [-0.39, 0.29) is 16.4 Å². The summed E-state index contributed by atoms with van der Waals surface area (Å²) in [4.78, 5) is 37.6. The SMILES string of the molecule is CCCCCCOc1ccc(C(=O)NC(=S)NNC(=O)c2ccc(NC(=O)c3ccc(C(C)(C)C)cc3)cc2)cc1. The molecule has 0 atom stereocenters. The summed E-state index contributed by atoms with van der Waals surface area (Å²) in [6, 6.07) is 20.7. The van der Waals surface area contributed by atoms with E-state index in [2.05, 4.69) is 49.2 Å². The van der Waals surface area contributed by atoms with Gasteiger partial charge in [0.2, 0.25) is 0 Å². The van der Waals surface area contributed by atoms with Crippen molar-refractivity contribution in [2.75, 3.05) is 11.9 Å². The maximum atomic E-state index is 12.6. The Bertz CT molecular complexity index is 1330. The van der Waals surface area contributed by atoms with Gasteiger partial charge in [-0.25, -0.2) is 0 Å². The third-order valence-electron chi connectivity index (χ3n) is 6.32. The fraction of sp³-hybridized carbons (Fsp3) is 0.312. The van der Waals surface area contributed by atoms with E-state index in [1.807, 2.05) is 12.1 Å². The fourth-order valence-corrected chi connectivity index (χ4v) is 3.99. The number of benzene rings is 3. The minimum Gasteiger partial charge on any atom is -0.494 e. The minimum absolute atomic E-state index is 0.00453. The highest BCUT2D eigenvalue weighted by atomic mass is 32.1. The van der Waals surface area contributed by atoms with Gasteiger partial charge in [-0.15, -0.1) is 0 Å². The molecule has 0 saturated carbocycles. The van der Waals surface area contributed by atoms with E-state index < -0.39 is 11.8 Å². The zero-order chi connectivity index (χ0) is 29.8. The van der Waals surface area contributed by atoms with E-state index in [1.165, 1.54) is 12.8 Å². The molecule has 0 radical (unpaired) electrons. The molecule has 41 heavy (non-hydrogen) atoms. The van der Waals surface area contributed by atoms with Crippen LogP contribution in [0, 0.1) is 0 Å². The minimum atomic E-state index is -0.460. The van der Waals surface area contributed by atoms with Crippen LogP contribution in [0.1, 0.15) is 90.0 Å². The number of ether oxygens (including phenoxy) is 1.